The number of anilines is 2. The number of amides is 1. The number of carbonyl (C=O) groups is 1. The summed E-state index contributed by atoms with van der Waals surface area (Å²) < 4.78 is 40.3. The number of piperazine rings is 1. The van der Waals surface area contributed by atoms with Gasteiger partial charge in [-0.2, -0.15) is 0 Å². The minimum atomic E-state index is -3.84. The summed E-state index contributed by atoms with van der Waals surface area (Å²) in [6.07, 6.45) is 1.43. The van der Waals surface area contributed by atoms with Crippen LogP contribution in [0.1, 0.15) is 10.4 Å². The van der Waals surface area contributed by atoms with Gasteiger partial charge in [0.1, 0.15) is 11.6 Å². The Bertz CT molecular complexity index is 1200. The molecule has 166 valence electrons. The Morgan fingerprint density at radius 2 is 1.59 bits per heavy atom. The highest BCUT2D eigenvalue weighted by Gasteiger charge is 2.23. The molecule has 1 aliphatic rings. The molecule has 4 rings (SSSR count). The Morgan fingerprint density at radius 3 is 2.19 bits per heavy atom. The van der Waals surface area contributed by atoms with Gasteiger partial charge in [-0.05, 0) is 60.7 Å². The molecule has 1 N–H and O–H groups in total. The zero-order valence-electron chi connectivity index (χ0n) is 16.9. The molecule has 0 atom stereocenters. The van der Waals surface area contributed by atoms with Gasteiger partial charge < -0.3 is 9.80 Å². The first kappa shape index (κ1) is 22.0. The largest absolute Gasteiger partial charge is 0.353 e. The highest BCUT2D eigenvalue weighted by atomic mass is 35.5. The summed E-state index contributed by atoms with van der Waals surface area (Å²) in [5, 5.41) is 0.584. The average molecular weight is 475 g/mol. The van der Waals surface area contributed by atoms with E-state index in [1.165, 1.54) is 18.3 Å². The molecule has 3 aromatic rings. The van der Waals surface area contributed by atoms with Crippen LogP contribution < -0.4 is 9.62 Å². The Kier molecular flexibility index (Phi) is 6.29. The highest BCUT2D eigenvalue weighted by Crippen LogP contribution is 2.20. The molecular formula is C22H20ClFN4O3S. The molecule has 0 spiro atoms. The van der Waals surface area contributed by atoms with Crippen LogP contribution in [-0.4, -0.2) is 50.4 Å². The molecule has 0 saturated carbocycles. The van der Waals surface area contributed by atoms with Gasteiger partial charge in [0.05, 0.1) is 16.8 Å². The third-order valence-electron chi connectivity index (χ3n) is 5.11. The van der Waals surface area contributed by atoms with Crippen molar-refractivity contribution in [2.24, 2.45) is 0 Å². The number of nitrogens with zero attached hydrogens (tertiary/aromatic N) is 3. The number of sulfonamides is 1. The molecule has 2 aromatic carbocycles. The molecule has 10 heteroatoms. The predicted molar refractivity (Wildman–Crippen MR) is 121 cm³/mol. The Morgan fingerprint density at radius 1 is 0.938 bits per heavy atom. The summed E-state index contributed by atoms with van der Waals surface area (Å²) in [7, 11) is -3.84. The van der Waals surface area contributed by atoms with Gasteiger partial charge in [-0.25, -0.2) is 17.8 Å². The van der Waals surface area contributed by atoms with E-state index in [4.69, 9.17) is 11.6 Å². The Hall–Kier alpha value is -3.17. The van der Waals surface area contributed by atoms with Crippen LogP contribution in [0.3, 0.4) is 0 Å². The standard InChI is InChI=1S/C22H20ClFN4O3S/c23-17-3-1-16(2-4-17)22(29)28-13-11-27(12-14-28)21-10-7-19(15-25-21)26-32(30,31)20-8-5-18(24)6-9-20/h1-10,15,26H,11-14H2. The summed E-state index contributed by atoms with van der Waals surface area (Å²) in [6, 6.07) is 14.7. The molecule has 1 aliphatic heterocycles. The lowest BCUT2D eigenvalue weighted by atomic mass is 10.2. The monoisotopic (exact) mass is 474 g/mol. The number of carbonyl (C=O) groups excluding carboxylic acids is 1. The lowest BCUT2D eigenvalue weighted by Gasteiger charge is -2.35. The molecule has 7 nitrogen and oxygen atoms in total. The van der Waals surface area contributed by atoms with Crippen LogP contribution in [0.25, 0.3) is 0 Å². The SMILES string of the molecule is O=C(c1ccc(Cl)cc1)N1CCN(c2ccc(NS(=O)(=O)c3ccc(F)cc3)cn2)CC1. The van der Waals surface area contributed by atoms with E-state index in [0.717, 1.165) is 12.1 Å². The number of nitrogens with one attached hydrogen (secondary N) is 1. The van der Waals surface area contributed by atoms with E-state index in [2.05, 4.69) is 9.71 Å². The summed E-state index contributed by atoms with van der Waals surface area (Å²) >= 11 is 5.88. The molecule has 2 heterocycles. The van der Waals surface area contributed by atoms with E-state index in [9.17, 15) is 17.6 Å². The van der Waals surface area contributed by atoms with Crippen molar-refractivity contribution in [1.82, 2.24) is 9.88 Å². The van der Waals surface area contributed by atoms with Crippen molar-refractivity contribution in [2.75, 3.05) is 35.8 Å². The van der Waals surface area contributed by atoms with Crippen molar-refractivity contribution in [3.05, 3.63) is 83.3 Å². The minimum Gasteiger partial charge on any atom is -0.353 e. The normalized spacial score (nSPS) is 14.3. The number of benzene rings is 2. The molecule has 1 amide bonds. The van der Waals surface area contributed by atoms with Gasteiger partial charge >= 0.3 is 0 Å². The molecule has 0 bridgehead atoms. The molecule has 1 saturated heterocycles. The van der Waals surface area contributed by atoms with E-state index in [1.807, 2.05) is 4.90 Å². The van der Waals surface area contributed by atoms with E-state index < -0.39 is 15.8 Å². The van der Waals surface area contributed by atoms with Crippen LogP contribution in [0.4, 0.5) is 15.9 Å². The van der Waals surface area contributed by atoms with E-state index in [-0.39, 0.29) is 10.8 Å². The van der Waals surface area contributed by atoms with Gasteiger partial charge in [-0.15, -0.1) is 0 Å². The summed E-state index contributed by atoms with van der Waals surface area (Å²) in [4.78, 5) is 20.8. The van der Waals surface area contributed by atoms with Crippen molar-refractivity contribution in [1.29, 1.82) is 0 Å². The first-order valence-electron chi connectivity index (χ1n) is 9.86. The van der Waals surface area contributed by atoms with Gasteiger partial charge in [0.2, 0.25) is 0 Å². The third kappa shape index (κ3) is 5.00. The zero-order chi connectivity index (χ0) is 22.7. The molecular weight excluding hydrogens is 455 g/mol. The summed E-state index contributed by atoms with van der Waals surface area (Å²) in [6.45, 7) is 2.30. The minimum absolute atomic E-state index is 0.0375. The first-order valence-corrected chi connectivity index (χ1v) is 11.7. The first-order chi connectivity index (χ1) is 15.3. The van der Waals surface area contributed by atoms with Gasteiger partial charge in [-0.1, -0.05) is 11.6 Å². The maximum atomic E-state index is 13.0. The smallest absolute Gasteiger partial charge is 0.261 e. The van der Waals surface area contributed by atoms with Crippen LogP contribution in [0.2, 0.25) is 5.02 Å². The second-order valence-corrected chi connectivity index (χ2v) is 9.37. The molecule has 0 radical (unpaired) electrons. The molecule has 0 unspecified atom stereocenters. The molecule has 1 fully saturated rings. The van der Waals surface area contributed by atoms with Crippen molar-refractivity contribution in [3.63, 3.8) is 0 Å². The van der Waals surface area contributed by atoms with Crippen molar-refractivity contribution < 1.29 is 17.6 Å². The van der Waals surface area contributed by atoms with Gasteiger partial charge in [0, 0.05) is 36.8 Å². The van der Waals surface area contributed by atoms with Gasteiger partial charge in [0.15, 0.2) is 0 Å². The van der Waals surface area contributed by atoms with Crippen molar-refractivity contribution >= 4 is 39.0 Å². The fourth-order valence-corrected chi connectivity index (χ4v) is 4.54. The number of rotatable bonds is 5. The lowest BCUT2D eigenvalue weighted by Crippen LogP contribution is -2.49. The second kappa shape index (κ2) is 9.13. The fraction of sp³-hybridized carbons (Fsp3) is 0.182. The molecule has 32 heavy (non-hydrogen) atoms. The average Bonchev–Trinajstić information content (AvgIpc) is 2.80. The predicted octanol–water partition coefficient (Wildman–Crippen LogP) is 3.64. The highest BCUT2D eigenvalue weighted by molar-refractivity contribution is 7.92. The maximum Gasteiger partial charge on any atom is 0.261 e. The number of halogens is 2. The Labute approximate surface area is 190 Å². The van der Waals surface area contributed by atoms with Crippen LogP contribution in [-0.2, 0) is 10.0 Å². The third-order valence-corrected chi connectivity index (χ3v) is 6.76. The maximum absolute atomic E-state index is 13.0. The number of hydrogen-bond acceptors (Lipinski definition) is 5. The van der Waals surface area contributed by atoms with Crippen LogP contribution >= 0.6 is 11.6 Å². The Balaban J connectivity index is 1.36. The summed E-state index contributed by atoms with van der Waals surface area (Å²) in [5.41, 5.74) is 0.897. The van der Waals surface area contributed by atoms with E-state index >= 15 is 0 Å². The number of pyridine rings is 1. The fourth-order valence-electron chi connectivity index (χ4n) is 3.37. The number of hydrogen-bond donors (Lipinski definition) is 1. The van der Waals surface area contributed by atoms with Crippen molar-refractivity contribution in [3.8, 4) is 0 Å². The van der Waals surface area contributed by atoms with Gasteiger partial charge in [-0.3, -0.25) is 9.52 Å². The zero-order valence-corrected chi connectivity index (χ0v) is 18.5. The summed E-state index contributed by atoms with van der Waals surface area (Å²) in [5.74, 6) is 0.137. The van der Waals surface area contributed by atoms with E-state index in [0.29, 0.717) is 48.3 Å². The van der Waals surface area contributed by atoms with Crippen molar-refractivity contribution in [2.45, 2.75) is 4.90 Å². The topological polar surface area (TPSA) is 82.6 Å². The molecule has 0 aliphatic carbocycles. The second-order valence-electron chi connectivity index (χ2n) is 7.25. The van der Waals surface area contributed by atoms with Crippen LogP contribution in [0.5, 0.6) is 0 Å². The van der Waals surface area contributed by atoms with Crippen LogP contribution in [0.15, 0.2) is 71.8 Å². The quantitative estimate of drug-likeness (QED) is 0.610. The van der Waals surface area contributed by atoms with Gasteiger partial charge in [0.25, 0.3) is 15.9 Å². The van der Waals surface area contributed by atoms with E-state index in [1.54, 1.807) is 41.3 Å². The lowest BCUT2D eigenvalue weighted by molar-refractivity contribution is 0.0746. The van der Waals surface area contributed by atoms with Crippen LogP contribution in [0, 0.1) is 5.82 Å². The number of aromatic nitrogens is 1. The molecule has 1 aromatic heterocycles.